The average Bonchev–Trinajstić information content (AvgIpc) is 2.58. The molecule has 2 aromatic rings. The number of methoxy groups -OCH3 is 1. The van der Waals surface area contributed by atoms with Crippen molar-refractivity contribution < 1.29 is 4.74 Å². The molecule has 0 amide bonds. The number of anilines is 2. The van der Waals surface area contributed by atoms with Crippen molar-refractivity contribution in [1.29, 1.82) is 0 Å². The minimum absolute atomic E-state index is 0.179. The topological polar surface area (TPSA) is 91.9 Å². The lowest BCUT2D eigenvalue weighted by molar-refractivity contribution is 0.177. The van der Waals surface area contributed by atoms with Crippen LogP contribution in [0.2, 0.25) is 0 Å². The summed E-state index contributed by atoms with van der Waals surface area (Å²) in [5, 5.41) is 6.54. The molecule has 0 saturated heterocycles. The lowest BCUT2D eigenvalue weighted by Gasteiger charge is -2.17. The predicted octanol–water partition coefficient (Wildman–Crippen LogP) is 1.71. The Balaban J connectivity index is 1.51. The number of ether oxygens (including phenoxy) is 1. The Bertz CT molecular complexity index is 744. The van der Waals surface area contributed by atoms with Gasteiger partial charge >= 0.3 is 0 Å². The van der Waals surface area contributed by atoms with Crippen LogP contribution >= 0.6 is 0 Å². The Morgan fingerprint density at radius 3 is 3.12 bits per heavy atom. The van der Waals surface area contributed by atoms with Crippen molar-refractivity contribution in [3.8, 4) is 0 Å². The Morgan fingerprint density at radius 1 is 1.33 bits per heavy atom. The first-order valence-electron chi connectivity index (χ1n) is 8.30. The van der Waals surface area contributed by atoms with Gasteiger partial charge in [0, 0.05) is 32.0 Å². The molecule has 0 spiro atoms. The lowest BCUT2D eigenvalue weighted by Crippen LogP contribution is -2.15. The van der Waals surface area contributed by atoms with Crippen molar-refractivity contribution in [2.24, 2.45) is 0 Å². The number of hydrogen-bond acceptors (Lipinski definition) is 6. The molecule has 24 heavy (non-hydrogen) atoms. The van der Waals surface area contributed by atoms with Gasteiger partial charge in [-0.25, -0.2) is 9.97 Å². The quantitative estimate of drug-likeness (QED) is 0.670. The maximum absolute atomic E-state index is 11.6. The number of hydrogen-bond donors (Lipinski definition) is 3. The van der Waals surface area contributed by atoms with E-state index >= 15 is 0 Å². The zero-order valence-electron chi connectivity index (χ0n) is 13.9. The van der Waals surface area contributed by atoms with Gasteiger partial charge in [-0.05, 0) is 37.3 Å². The standard InChI is InChI=1S/C17H23N5O2/c1-24-11-15-21-14(10-16(23)22-15)18-8-3-5-13-7-6-12-4-2-9-19-17(12)20-13/h6-7,10H,2-5,8-9,11H2,1H3,(H,19,20)(H2,18,21,22,23). The van der Waals surface area contributed by atoms with Crippen LogP contribution in [0.5, 0.6) is 0 Å². The number of nitrogens with one attached hydrogen (secondary N) is 3. The van der Waals surface area contributed by atoms with Gasteiger partial charge < -0.3 is 20.4 Å². The molecular weight excluding hydrogens is 306 g/mol. The highest BCUT2D eigenvalue weighted by Crippen LogP contribution is 2.20. The van der Waals surface area contributed by atoms with Crippen molar-refractivity contribution >= 4 is 11.6 Å². The largest absolute Gasteiger partial charge is 0.377 e. The van der Waals surface area contributed by atoms with Crippen molar-refractivity contribution in [1.82, 2.24) is 15.0 Å². The molecule has 1 aliphatic rings. The number of aryl methyl sites for hydroxylation is 2. The first kappa shape index (κ1) is 16.4. The second-order valence-electron chi connectivity index (χ2n) is 5.88. The highest BCUT2D eigenvalue weighted by Gasteiger charge is 2.10. The Morgan fingerprint density at radius 2 is 2.25 bits per heavy atom. The molecule has 0 unspecified atom stereocenters. The summed E-state index contributed by atoms with van der Waals surface area (Å²) in [5.41, 5.74) is 2.22. The van der Waals surface area contributed by atoms with E-state index in [0.717, 1.165) is 43.9 Å². The maximum Gasteiger partial charge on any atom is 0.253 e. The first-order valence-corrected chi connectivity index (χ1v) is 8.30. The molecule has 7 heteroatoms. The molecule has 0 bridgehead atoms. The molecular formula is C17H23N5O2. The summed E-state index contributed by atoms with van der Waals surface area (Å²) in [6.45, 7) is 2.02. The van der Waals surface area contributed by atoms with Crippen LogP contribution in [-0.2, 0) is 24.2 Å². The maximum atomic E-state index is 11.6. The fourth-order valence-corrected chi connectivity index (χ4v) is 2.80. The summed E-state index contributed by atoms with van der Waals surface area (Å²) in [7, 11) is 1.57. The Labute approximate surface area is 140 Å². The summed E-state index contributed by atoms with van der Waals surface area (Å²) in [6.07, 6.45) is 4.08. The summed E-state index contributed by atoms with van der Waals surface area (Å²) in [5.74, 6) is 2.13. The first-order chi connectivity index (χ1) is 11.7. The number of rotatable bonds is 7. The van der Waals surface area contributed by atoms with E-state index in [4.69, 9.17) is 4.74 Å². The molecule has 0 aliphatic carbocycles. The highest BCUT2D eigenvalue weighted by molar-refractivity contribution is 5.47. The number of H-pyrrole nitrogens is 1. The molecule has 3 N–H and O–H groups in total. The van der Waals surface area contributed by atoms with Gasteiger partial charge in [0.2, 0.25) is 0 Å². The second kappa shape index (κ2) is 7.92. The number of fused-ring (bicyclic) bond motifs is 1. The monoisotopic (exact) mass is 329 g/mol. The zero-order valence-corrected chi connectivity index (χ0v) is 13.9. The fraction of sp³-hybridized carbons (Fsp3) is 0.471. The minimum atomic E-state index is -0.179. The van der Waals surface area contributed by atoms with Gasteiger partial charge in [-0.2, -0.15) is 0 Å². The smallest absolute Gasteiger partial charge is 0.253 e. The van der Waals surface area contributed by atoms with Crippen LogP contribution in [-0.4, -0.2) is 35.2 Å². The van der Waals surface area contributed by atoms with Gasteiger partial charge in [-0.15, -0.1) is 0 Å². The van der Waals surface area contributed by atoms with Gasteiger partial charge in [-0.3, -0.25) is 4.79 Å². The molecule has 3 heterocycles. The van der Waals surface area contributed by atoms with Crippen LogP contribution in [0.3, 0.4) is 0 Å². The zero-order chi connectivity index (χ0) is 16.8. The number of nitrogens with zero attached hydrogens (tertiary/aromatic N) is 2. The summed E-state index contributed by atoms with van der Waals surface area (Å²) < 4.78 is 4.99. The normalized spacial score (nSPS) is 13.2. The van der Waals surface area contributed by atoms with Gasteiger partial charge in [-0.1, -0.05) is 6.07 Å². The summed E-state index contributed by atoms with van der Waals surface area (Å²) in [6, 6.07) is 5.74. The van der Waals surface area contributed by atoms with E-state index < -0.39 is 0 Å². The SMILES string of the molecule is COCc1nc(NCCCc2ccc3c(n2)NCCC3)cc(=O)[nH]1. The van der Waals surface area contributed by atoms with Crippen molar-refractivity contribution in [3.63, 3.8) is 0 Å². The van der Waals surface area contributed by atoms with Gasteiger partial charge in [0.05, 0.1) is 0 Å². The van der Waals surface area contributed by atoms with E-state index in [0.29, 0.717) is 11.6 Å². The third-order valence-electron chi connectivity index (χ3n) is 3.94. The number of aromatic nitrogens is 3. The van der Waals surface area contributed by atoms with Crippen molar-refractivity contribution in [2.75, 3.05) is 30.8 Å². The van der Waals surface area contributed by atoms with E-state index in [9.17, 15) is 4.79 Å². The van der Waals surface area contributed by atoms with Gasteiger partial charge in [0.15, 0.2) is 0 Å². The molecule has 1 aliphatic heterocycles. The van der Waals surface area contributed by atoms with E-state index in [1.165, 1.54) is 18.1 Å². The van der Waals surface area contributed by atoms with Crippen LogP contribution in [0.1, 0.15) is 29.9 Å². The van der Waals surface area contributed by atoms with Crippen LogP contribution in [0.15, 0.2) is 23.0 Å². The Kier molecular flexibility index (Phi) is 5.43. The number of aromatic amines is 1. The fourth-order valence-electron chi connectivity index (χ4n) is 2.80. The summed E-state index contributed by atoms with van der Waals surface area (Å²) in [4.78, 5) is 23.2. The van der Waals surface area contributed by atoms with Crippen LogP contribution < -0.4 is 16.2 Å². The molecule has 0 fully saturated rings. The van der Waals surface area contributed by atoms with Gasteiger partial charge in [0.25, 0.3) is 5.56 Å². The lowest BCUT2D eigenvalue weighted by atomic mass is 10.1. The predicted molar refractivity (Wildman–Crippen MR) is 93.4 cm³/mol. The highest BCUT2D eigenvalue weighted by atomic mass is 16.5. The molecule has 2 aromatic heterocycles. The minimum Gasteiger partial charge on any atom is -0.377 e. The molecule has 0 radical (unpaired) electrons. The molecule has 7 nitrogen and oxygen atoms in total. The third-order valence-corrected chi connectivity index (χ3v) is 3.94. The Hall–Kier alpha value is -2.41. The van der Waals surface area contributed by atoms with Crippen LogP contribution in [0, 0.1) is 0 Å². The van der Waals surface area contributed by atoms with E-state index in [1.54, 1.807) is 7.11 Å². The van der Waals surface area contributed by atoms with E-state index in [1.807, 2.05) is 0 Å². The number of pyridine rings is 1. The molecule has 0 saturated carbocycles. The third kappa shape index (κ3) is 4.32. The van der Waals surface area contributed by atoms with Crippen molar-refractivity contribution in [2.45, 2.75) is 32.3 Å². The molecule has 0 aromatic carbocycles. The van der Waals surface area contributed by atoms with E-state index in [2.05, 4.69) is 37.7 Å². The molecule has 3 rings (SSSR count). The van der Waals surface area contributed by atoms with Crippen LogP contribution in [0.4, 0.5) is 11.6 Å². The van der Waals surface area contributed by atoms with E-state index in [-0.39, 0.29) is 12.2 Å². The molecule has 0 atom stereocenters. The van der Waals surface area contributed by atoms with Crippen molar-refractivity contribution in [3.05, 3.63) is 45.6 Å². The van der Waals surface area contributed by atoms with Crippen LogP contribution in [0.25, 0.3) is 0 Å². The summed E-state index contributed by atoms with van der Waals surface area (Å²) >= 11 is 0. The molecule has 128 valence electrons. The van der Waals surface area contributed by atoms with Gasteiger partial charge in [0.1, 0.15) is 24.1 Å². The average molecular weight is 329 g/mol. The second-order valence-corrected chi connectivity index (χ2v) is 5.88.